The normalized spacial score (nSPS) is 15.5. The zero-order chi connectivity index (χ0) is 23.5. The molecule has 3 aromatic rings. The minimum Gasteiger partial charge on any atom is -0.480 e. The first-order chi connectivity index (χ1) is 15.9. The highest BCUT2D eigenvalue weighted by molar-refractivity contribution is 6.04. The maximum atomic E-state index is 14.2. The third-order valence-corrected chi connectivity index (χ3v) is 5.40. The van der Waals surface area contributed by atoms with Crippen molar-refractivity contribution in [2.75, 3.05) is 5.32 Å². The number of anilines is 1. The van der Waals surface area contributed by atoms with E-state index >= 15 is 0 Å². The maximum Gasteiger partial charge on any atom is 0.264 e. The number of rotatable bonds is 5. The molecule has 1 atom stereocenters. The average Bonchev–Trinajstić information content (AvgIpc) is 2.91. The minimum absolute atomic E-state index is 0.0577. The average molecular weight is 454 g/mol. The van der Waals surface area contributed by atoms with Crippen LogP contribution in [0.2, 0.25) is 0 Å². The fourth-order valence-electron chi connectivity index (χ4n) is 3.68. The van der Waals surface area contributed by atoms with E-state index in [9.17, 15) is 22.8 Å². The van der Waals surface area contributed by atoms with E-state index in [-0.39, 0.29) is 24.6 Å². The Morgan fingerprint density at radius 1 is 1.06 bits per heavy atom. The lowest BCUT2D eigenvalue weighted by atomic mass is 10.1. The molecule has 5 nitrogen and oxygen atoms in total. The van der Waals surface area contributed by atoms with Gasteiger partial charge in [0.15, 0.2) is 6.10 Å². The molecule has 3 aromatic carbocycles. The summed E-state index contributed by atoms with van der Waals surface area (Å²) in [6.45, 7) is 2.01. The Kier molecular flexibility index (Phi) is 6.35. The van der Waals surface area contributed by atoms with Crippen molar-refractivity contribution >= 4 is 17.5 Å². The summed E-state index contributed by atoms with van der Waals surface area (Å²) in [4.78, 5) is 27.0. The molecule has 1 heterocycles. The van der Waals surface area contributed by atoms with Crippen LogP contribution in [-0.4, -0.2) is 22.8 Å². The summed E-state index contributed by atoms with van der Waals surface area (Å²) in [6, 6.07) is 13.7. The van der Waals surface area contributed by atoms with E-state index in [1.54, 1.807) is 36.4 Å². The van der Waals surface area contributed by atoms with Crippen LogP contribution in [0.15, 0.2) is 60.7 Å². The van der Waals surface area contributed by atoms with Gasteiger partial charge < -0.3 is 15.0 Å². The Morgan fingerprint density at radius 2 is 1.85 bits per heavy atom. The molecule has 33 heavy (non-hydrogen) atoms. The second-order valence-electron chi connectivity index (χ2n) is 7.70. The Hall–Kier alpha value is -3.81. The highest BCUT2D eigenvalue weighted by Gasteiger charge is 2.30. The van der Waals surface area contributed by atoms with Crippen molar-refractivity contribution in [2.24, 2.45) is 0 Å². The molecule has 1 aliphatic heterocycles. The summed E-state index contributed by atoms with van der Waals surface area (Å²) in [5, 5.41) is 2.58. The molecule has 1 N–H and O–H groups in total. The van der Waals surface area contributed by atoms with Gasteiger partial charge in [0, 0.05) is 36.0 Å². The summed E-state index contributed by atoms with van der Waals surface area (Å²) in [5.74, 6) is -2.71. The van der Waals surface area contributed by atoms with Crippen LogP contribution in [0.3, 0.4) is 0 Å². The summed E-state index contributed by atoms with van der Waals surface area (Å²) in [5.41, 5.74) is 1.03. The van der Waals surface area contributed by atoms with Crippen LogP contribution in [0.5, 0.6) is 5.75 Å². The molecule has 0 aromatic heterocycles. The lowest BCUT2D eigenvalue weighted by Gasteiger charge is -2.23. The van der Waals surface area contributed by atoms with E-state index in [1.165, 1.54) is 11.0 Å². The molecule has 8 heteroatoms. The molecule has 0 bridgehead atoms. The number of carbonyl (C=O) groups is 2. The lowest BCUT2D eigenvalue weighted by molar-refractivity contribution is -0.139. The second-order valence-corrected chi connectivity index (χ2v) is 7.70. The number of amides is 2. The number of hydrogen-bond donors (Lipinski definition) is 1. The van der Waals surface area contributed by atoms with Gasteiger partial charge in [-0.15, -0.1) is 0 Å². The number of hydrogen-bond acceptors (Lipinski definition) is 3. The molecule has 170 valence electrons. The molecule has 0 spiro atoms. The molecule has 2 amide bonds. The Bertz CT molecular complexity index is 1220. The smallest absolute Gasteiger partial charge is 0.264 e. The van der Waals surface area contributed by atoms with E-state index < -0.39 is 29.5 Å². The molecule has 0 aliphatic carbocycles. The van der Waals surface area contributed by atoms with Crippen LogP contribution >= 0.6 is 0 Å². The number of fused-ring (bicyclic) bond motifs is 1. The number of ether oxygens (including phenoxy) is 1. The van der Waals surface area contributed by atoms with Crippen LogP contribution < -0.4 is 10.1 Å². The summed E-state index contributed by atoms with van der Waals surface area (Å²) in [6.07, 6.45) is -0.305. The first-order valence-electron chi connectivity index (χ1n) is 10.4. The topological polar surface area (TPSA) is 58.6 Å². The fraction of sp³-hybridized carbons (Fsp3) is 0.200. The van der Waals surface area contributed by atoms with E-state index in [0.717, 1.165) is 12.1 Å². The van der Waals surface area contributed by atoms with Crippen LogP contribution in [-0.2, 0) is 17.9 Å². The van der Waals surface area contributed by atoms with E-state index in [2.05, 4.69) is 5.32 Å². The van der Waals surface area contributed by atoms with Crippen LogP contribution in [0.1, 0.15) is 34.8 Å². The van der Waals surface area contributed by atoms with E-state index in [1.807, 2.05) is 6.92 Å². The van der Waals surface area contributed by atoms with Gasteiger partial charge in [-0.1, -0.05) is 25.1 Å². The fourth-order valence-corrected chi connectivity index (χ4v) is 3.68. The van der Waals surface area contributed by atoms with Crippen molar-refractivity contribution in [3.63, 3.8) is 0 Å². The summed E-state index contributed by atoms with van der Waals surface area (Å²) in [7, 11) is 0. The van der Waals surface area contributed by atoms with Gasteiger partial charge in [-0.05, 0) is 42.8 Å². The monoisotopic (exact) mass is 454 g/mol. The van der Waals surface area contributed by atoms with E-state index in [4.69, 9.17) is 4.74 Å². The number of benzene rings is 3. The first kappa shape index (κ1) is 22.4. The molecular formula is C25H21F3N2O3. The van der Waals surface area contributed by atoms with Gasteiger partial charge in [0.1, 0.15) is 23.2 Å². The SMILES string of the molecule is CC[C@@H]1Oc2ccc(NC(=O)c3ccc(F)cc3F)cc2CN(Cc2ccccc2F)C1=O. The molecule has 4 rings (SSSR count). The maximum absolute atomic E-state index is 14.2. The van der Waals surface area contributed by atoms with Crippen LogP contribution in [0, 0.1) is 17.5 Å². The third-order valence-electron chi connectivity index (χ3n) is 5.40. The zero-order valence-electron chi connectivity index (χ0n) is 17.8. The molecule has 0 fully saturated rings. The van der Waals surface area contributed by atoms with E-state index in [0.29, 0.717) is 35.1 Å². The van der Waals surface area contributed by atoms with Crippen LogP contribution in [0.4, 0.5) is 18.9 Å². The number of nitrogens with zero attached hydrogens (tertiary/aromatic N) is 1. The molecular weight excluding hydrogens is 433 g/mol. The largest absolute Gasteiger partial charge is 0.480 e. The third kappa shape index (κ3) is 4.84. The van der Waals surface area contributed by atoms with Gasteiger partial charge in [0.05, 0.1) is 5.56 Å². The van der Waals surface area contributed by atoms with Crippen molar-refractivity contribution < 1.29 is 27.5 Å². The Balaban J connectivity index is 1.61. The molecule has 0 radical (unpaired) electrons. The van der Waals surface area contributed by atoms with Crippen molar-refractivity contribution in [2.45, 2.75) is 32.5 Å². The molecule has 0 saturated carbocycles. The molecule has 0 unspecified atom stereocenters. The highest BCUT2D eigenvalue weighted by atomic mass is 19.1. The number of halogens is 3. The predicted octanol–water partition coefficient (Wildman–Crippen LogP) is 5.06. The van der Waals surface area contributed by atoms with Gasteiger partial charge in [0.2, 0.25) is 0 Å². The van der Waals surface area contributed by atoms with Crippen molar-refractivity contribution in [1.29, 1.82) is 0 Å². The van der Waals surface area contributed by atoms with Gasteiger partial charge in [-0.2, -0.15) is 0 Å². The minimum atomic E-state index is -0.974. The number of nitrogens with one attached hydrogen (secondary N) is 1. The predicted molar refractivity (Wildman–Crippen MR) is 116 cm³/mol. The quantitative estimate of drug-likeness (QED) is 0.587. The Labute approximate surface area is 188 Å². The second kappa shape index (κ2) is 9.36. The highest BCUT2D eigenvalue weighted by Crippen LogP contribution is 2.30. The van der Waals surface area contributed by atoms with Gasteiger partial charge >= 0.3 is 0 Å². The summed E-state index contributed by atoms with van der Waals surface area (Å²) < 4.78 is 47.2. The summed E-state index contributed by atoms with van der Waals surface area (Å²) >= 11 is 0. The van der Waals surface area contributed by atoms with Crippen molar-refractivity contribution in [3.8, 4) is 5.75 Å². The van der Waals surface area contributed by atoms with Gasteiger partial charge in [0.25, 0.3) is 11.8 Å². The molecule has 0 saturated heterocycles. The zero-order valence-corrected chi connectivity index (χ0v) is 17.8. The number of carbonyl (C=O) groups excluding carboxylic acids is 2. The lowest BCUT2D eigenvalue weighted by Crippen LogP contribution is -2.39. The van der Waals surface area contributed by atoms with Gasteiger partial charge in [-0.3, -0.25) is 9.59 Å². The van der Waals surface area contributed by atoms with Crippen molar-refractivity contribution in [1.82, 2.24) is 4.90 Å². The molecule has 1 aliphatic rings. The van der Waals surface area contributed by atoms with Crippen molar-refractivity contribution in [3.05, 3.63) is 94.8 Å². The van der Waals surface area contributed by atoms with Gasteiger partial charge in [-0.25, -0.2) is 13.2 Å². The first-order valence-corrected chi connectivity index (χ1v) is 10.4. The Morgan fingerprint density at radius 3 is 2.58 bits per heavy atom. The van der Waals surface area contributed by atoms with Crippen LogP contribution in [0.25, 0.3) is 0 Å². The standard InChI is InChI=1S/C25H21F3N2O3/c1-2-22-25(32)30(13-15-5-3-4-6-20(15)27)14-16-11-18(8-10-23(16)33-22)29-24(31)19-9-7-17(26)12-21(19)28/h3-12,22H,2,13-14H2,1H3,(H,29,31)/t22-/m0/s1.